The maximum atomic E-state index is 12.3. The molecule has 0 saturated carbocycles. The monoisotopic (exact) mass is 456 g/mol. The van der Waals surface area contributed by atoms with Gasteiger partial charge in [0.05, 0.1) is 27.5 Å². The van der Waals surface area contributed by atoms with Gasteiger partial charge in [0.2, 0.25) is 23.6 Å². The molecule has 0 radical (unpaired) electrons. The Morgan fingerprint density at radius 1 is 0.700 bits per heavy atom. The summed E-state index contributed by atoms with van der Waals surface area (Å²) in [6.07, 6.45) is -0.208. The van der Waals surface area contributed by atoms with Crippen LogP contribution in [0.2, 0.25) is 39.3 Å². The summed E-state index contributed by atoms with van der Waals surface area (Å²) in [5, 5.41) is 0. The Balaban J connectivity index is 2.01. The van der Waals surface area contributed by atoms with Crippen molar-refractivity contribution in [3.63, 3.8) is 0 Å². The van der Waals surface area contributed by atoms with Crippen molar-refractivity contribution in [2.24, 2.45) is 0 Å². The Morgan fingerprint density at radius 3 is 1.20 bits per heavy atom. The predicted molar refractivity (Wildman–Crippen MR) is 114 cm³/mol. The lowest BCUT2D eigenvalue weighted by atomic mass is 10.4. The Morgan fingerprint density at radius 2 is 0.967 bits per heavy atom. The summed E-state index contributed by atoms with van der Waals surface area (Å²) < 4.78 is 10.5. The van der Waals surface area contributed by atoms with Gasteiger partial charge in [-0.25, -0.2) is 4.79 Å². The Labute approximate surface area is 179 Å². The van der Waals surface area contributed by atoms with Crippen LogP contribution < -0.4 is 0 Å². The standard InChI is InChI=1S/C19H32N2O7Si2/c1-29(2,3)17(20-13(22)7-8-14(20)23)11-27-19(26)28-12-18(30(4,5)6)21-15(24)9-10-16(21)25/h17-18H,7-12H2,1-6H3. The number of nitrogens with zero attached hydrogens (tertiary/aromatic N) is 2. The van der Waals surface area contributed by atoms with Crippen LogP contribution in [0.4, 0.5) is 4.79 Å². The lowest BCUT2D eigenvalue weighted by molar-refractivity contribution is -0.141. The molecule has 0 bridgehead atoms. The minimum Gasteiger partial charge on any atom is -0.432 e. The Kier molecular flexibility index (Phi) is 7.28. The maximum absolute atomic E-state index is 12.3. The number of carbonyl (C=O) groups is 5. The van der Waals surface area contributed by atoms with Gasteiger partial charge in [-0.3, -0.25) is 29.0 Å². The zero-order valence-electron chi connectivity index (χ0n) is 18.6. The Bertz CT molecular complexity index is 650. The minimum atomic E-state index is -2.06. The normalized spacial score (nSPS) is 20.1. The van der Waals surface area contributed by atoms with Crippen molar-refractivity contribution >= 4 is 45.9 Å². The number of likely N-dealkylation sites (tertiary alicyclic amines) is 2. The third kappa shape index (κ3) is 5.57. The first-order valence-corrected chi connectivity index (χ1v) is 17.4. The second-order valence-electron chi connectivity index (χ2n) is 9.95. The van der Waals surface area contributed by atoms with Crippen molar-refractivity contribution in [3.8, 4) is 0 Å². The van der Waals surface area contributed by atoms with E-state index in [2.05, 4.69) is 0 Å². The first-order chi connectivity index (χ1) is 13.7. The van der Waals surface area contributed by atoms with Gasteiger partial charge in [0.15, 0.2) is 0 Å². The molecule has 9 nitrogen and oxygen atoms in total. The lowest BCUT2D eigenvalue weighted by Crippen LogP contribution is -2.56. The number of amides is 4. The molecule has 2 fully saturated rings. The van der Waals surface area contributed by atoms with Gasteiger partial charge >= 0.3 is 6.16 Å². The van der Waals surface area contributed by atoms with Crippen LogP contribution in [0.1, 0.15) is 25.7 Å². The summed E-state index contributed by atoms with van der Waals surface area (Å²) in [4.78, 5) is 63.3. The smallest absolute Gasteiger partial charge is 0.432 e. The van der Waals surface area contributed by atoms with Crippen LogP contribution in [-0.4, -0.2) is 80.3 Å². The van der Waals surface area contributed by atoms with Crippen LogP contribution in [-0.2, 0) is 28.7 Å². The number of hydrogen-bond donors (Lipinski definition) is 0. The highest BCUT2D eigenvalue weighted by Gasteiger charge is 2.44. The van der Waals surface area contributed by atoms with Crippen LogP contribution in [0.3, 0.4) is 0 Å². The summed E-state index contributed by atoms with van der Waals surface area (Å²) in [6, 6.07) is 0. The van der Waals surface area contributed by atoms with E-state index in [9.17, 15) is 24.0 Å². The molecule has 0 aliphatic carbocycles. The minimum absolute atomic E-state index is 0.120. The number of ether oxygens (including phenoxy) is 2. The molecule has 2 aliphatic rings. The molecule has 4 amide bonds. The molecule has 2 aliphatic heterocycles. The van der Waals surface area contributed by atoms with Crippen molar-refractivity contribution in [3.05, 3.63) is 0 Å². The molecule has 0 N–H and O–H groups in total. The molecule has 0 aromatic heterocycles. The summed E-state index contributed by atoms with van der Waals surface area (Å²) in [7, 11) is -4.11. The predicted octanol–water partition coefficient (Wildman–Crippen LogP) is 1.93. The van der Waals surface area contributed by atoms with E-state index in [1.165, 1.54) is 9.80 Å². The molecule has 2 heterocycles. The Hall–Kier alpha value is -2.02. The third-order valence-electron chi connectivity index (χ3n) is 5.52. The zero-order valence-corrected chi connectivity index (χ0v) is 20.6. The van der Waals surface area contributed by atoms with Gasteiger partial charge < -0.3 is 9.47 Å². The van der Waals surface area contributed by atoms with E-state index < -0.39 is 33.6 Å². The molecule has 0 aromatic carbocycles. The molecular formula is C19H32N2O7Si2. The van der Waals surface area contributed by atoms with Gasteiger partial charge in [-0.05, 0) is 0 Å². The average molecular weight is 457 g/mol. The van der Waals surface area contributed by atoms with E-state index in [-0.39, 0.29) is 62.5 Å². The largest absolute Gasteiger partial charge is 0.508 e. The van der Waals surface area contributed by atoms with Gasteiger partial charge in [0.25, 0.3) is 0 Å². The van der Waals surface area contributed by atoms with Crippen molar-refractivity contribution in [1.82, 2.24) is 9.80 Å². The first kappa shape index (κ1) is 24.3. The average Bonchev–Trinajstić information content (AvgIpc) is 3.09. The van der Waals surface area contributed by atoms with Crippen molar-refractivity contribution in [2.75, 3.05) is 13.2 Å². The number of carbonyl (C=O) groups excluding carboxylic acids is 5. The molecule has 11 heteroatoms. The molecule has 168 valence electrons. The van der Waals surface area contributed by atoms with Gasteiger partial charge in [0, 0.05) is 25.7 Å². The fourth-order valence-electron chi connectivity index (χ4n) is 3.64. The number of imide groups is 2. The van der Waals surface area contributed by atoms with Gasteiger partial charge in [0.1, 0.15) is 13.2 Å². The van der Waals surface area contributed by atoms with E-state index in [1.807, 2.05) is 39.3 Å². The maximum Gasteiger partial charge on any atom is 0.508 e. The molecular weight excluding hydrogens is 424 g/mol. The molecule has 2 saturated heterocycles. The van der Waals surface area contributed by atoms with Crippen molar-refractivity contribution in [2.45, 2.75) is 76.3 Å². The molecule has 2 atom stereocenters. The second-order valence-corrected chi connectivity index (χ2v) is 20.7. The van der Waals surface area contributed by atoms with E-state index in [1.54, 1.807) is 0 Å². The van der Waals surface area contributed by atoms with Crippen molar-refractivity contribution < 1.29 is 33.4 Å². The fourth-order valence-corrected chi connectivity index (χ4v) is 6.93. The lowest BCUT2D eigenvalue weighted by Gasteiger charge is -2.35. The van der Waals surface area contributed by atoms with Gasteiger partial charge in [-0.2, -0.15) is 0 Å². The quantitative estimate of drug-likeness (QED) is 0.312. The first-order valence-electron chi connectivity index (χ1n) is 10.2. The van der Waals surface area contributed by atoms with E-state index in [0.29, 0.717) is 0 Å². The van der Waals surface area contributed by atoms with Crippen LogP contribution >= 0.6 is 0 Å². The molecule has 0 aromatic rings. The molecule has 2 rings (SSSR count). The van der Waals surface area contributed by atoms with E-state index in [0.717, 1.165) is 0 Å². The summed E-state index contributed by atoms with van der Waals surface area (Å²) in [6.45, 7) is 11.7. The molecule has 2 unspecified atom stereocenters. The highest BCUT2D eigenvalue weighted by Crippen LogP contribution is 2.24. The van der Waals surface area contributed by atoms with Crippen LogP contribution in [0.5, 0.6) is 0 Å². The van der Waals surface area contributed by atoms with Crippen LogP contribution in [0.25, 0.3) is 0 Å². The molecule has 30 heavy (non-hydrogen) atoms. The second kappa shape index (κ2) is 9.00. The van der Waals surface area contributed by atoms with E-state index in [4.69, 9.17) is 9.47 Å². The zero-order chi connectivity index (χ0) is 22.9. The van der Waals surface area contributed by atoms with E-state index >= 15 is 0 Å². The highest BCUT2D eigenvalue weighted by molar-refractivity contribution is 6.78. The van der Waals surface area contributed by atoms with Gasteiger partial charge in [-0.1, -0.05) is 39.3 Å². The number of rotatable bonds is 8. The number of hydrogen-bond acceptors (Lipinski definition) is 7. The highest BCUT2D eigenvalue weighted by atomic mass is 28.3. The fraction of sp³-hybridized carbons (Fsp3) is 0.737. The van der Waals surface area contributed by atoms with Crippen LogP contribution in [0.15, 0.2) is 0 Å². The third-order valence-corrected chi connectivity index (χ3v) is 10.4. The SMILES string of the molecule is C[Si](C)(C)C(COC(=O)OCC(N1C(=O)CCC1=O)[Si](C)(C)C)N1C(=O)CCC1=O. The topological polar surface area (TPSA) is 110 Å². The summed E-state index contributed by atoms with van der Waals surface area (Å²) in [5.41, 5.74) is -0.941. The summed E-state index contributed by atoms with van der Waals surface area (Å²) >= 11 is 0. The van der Waals surface area contributed by atoms with Gasteiger partial charge in [-0.15, -0.1) is 0 Å². The van der Waals surface area contributed by atoms with Crippen LogP contribution in [0, 0.1) is 0 Å². The van der Waals surface area contributed by atoms with Crippen molar-refractivity contribution in [1.29, 1.82) is 0 Å². The summed E-state index contributed by atoms with van der Waals surface area (Å²) in [5.74, 6) is -0.966. The molecule has 0 spiro atoms.